The van der Waals surface area contributed by atoms with Gasteiger partial charge in [-0.15, -0.1) is 0 Å². The van der Waals surface area contributed by atoms with Gasteiger partial charge in [0.05, 0.1) is 6.61 Å². The zero-order chi connectivity index (χ0) is 20.5. The molecule has 0 heterocycles. The summed E-state index contributed by atoms with van der Waals surface area (Å²) in [6, 6.07) is 29.6. The Balaban J connectivity index is 1.77. The Hall–Kier alpha value is -2.95. The van der Waals surface area contributed by atoms with Crippen LogP contribution in [0.5, 0.6) is 0 Å². The van der Waals surface area contributed by atoms with Crippen LogP contribution in [0.25, 0.3) is 0 Å². The Morgan fingerprint density at radius 1 is 0.793 bits per heavy atom. The molecule has 0 saturated carbocycles. The molecule has 0 saturated heterocycles. The van der Waals surface area contributed by atoms with Crippen molar-refractivity contribution in [2.45, 2.75) is 38.8 Å². The van der Waals surface area contributed by atoms with E-state index in [1.54, 1.807) is 0 Å². The van der Waals surface area contributed by atoms with Gasteiger partial charge in [0.25, 0.3) is 0 Å². The molecule has 29 heavy (non-hydrogen) atoms. The summed E-state index contributed by atoms with van der Waals surface area (Å²) in [5.41, 5.74) is 3.24. The molecule has 0 aliphatic heterocycles. The third kappa shape index (κ3) is 6.28. The molecule has 0 fully saturated rings. The van der Waals surface area contributed by atoms with Gasteiger partial charge in [-0.05, 0) is 23.6 Å². The van der Waals surface area contributed by atoms with Crippen LogP contribution in [-0.4, -0.2) is 28.1 Å². The van der Waals surface area contributed by atoms with Crippen molar-refractivity contribution < 1.29 is 14.6 Å². The molecule has 4 nitrogen and oxygen atoms in total. The highest BCUT2D eigenvalue weighted by atomic mass is 16.5. The number of nitrogens with zero attached hydrogens (tertiary/aromatic N) is 1. The number of carbonyl (C=O) groups is 1. The highest BCUT2D eigenvalue weighted by Crippen LogP contribution is 2.18. The lowest BCUT2D eigenvalue weighted by molar-refractivity contribution is -0.156. The van der Waals surface area contributed by atoms with Gasteiger partial charge in [0.2, 0.25) is 0 Å². The molecule has 0 bridgehead atoms. The highest BCUT2D eigenvalue weighted by Gasteiger charge is 2.30. The van der Waals surface area contributed by atoms with Gasteiger partial charge in [-0.25, -0.2) is 4.79 Å². The zero-order valence-corrected chi connectivity index (χ0v) is 16.6. The van der Waals surface area contributed by atoms with Crippen molar-refractivity contribution in [3.05, 3.63) is 108 Å². The lowest BCUT2D eigenvalue weighted by atomic mass is 10.1. The van der Waals surface area contributed by atoms with Crippen LogP contribution in [0, 0.1) is 0 Å². The van der Waals surface area contributed by atoms with Crippen molar-refractivity contribution in [1.29, 1.82) is 0 Å². The number of carboxylic acids is 1. The number of hydrogen-bond donors (Lipinski definition) is 1. The van der Waals surface area contributed by atoms with E-state index in [4.69, 9.17) is 4.74 Å². The van der Waals surface area contributed by atoms with E-state index < -0.39 is 12.1 Å². The Labute approximate surface area is 172 Å². The van der Waals surface area contributed by atoms with E-state index >= 15 is 0 Å². The van der Waals surface area contributed by atoms with Gasteiger partial charge in [0.15, 0.2) is 6.10 Å². The molecule has 0 amide bonds. The molecule has 0 radical (unpaired) electrons. The average molecular weight is 389 g/mol. The molecule has 3 aromatic carbocycles. The summed E-state index contributed by atoms with van der Waals surface area (Å²) in [6.07, 6.45) is -0.928. The fourth-order valence-corrected chi connectivity index (χ4v) is 3.35. The van der Waals surface area contributed by atoms with Crippen molar-refractivity contribution in [1.82, 2.24) is 4.90 Å². The topological polar surface area (TPSA) is 49.8 Å². The van der Waals surface area contributed by atoms with Gasteiger partial charge < -0.3 is 9.84 Å². The van der Waals surface area contributed by atoms with Gasteiger partial charge in [-0.3, -0.25) is 4.90 Å². The molecule has 4 heteroatoms. The van der Waals surface area contributed by atoms with Crippen LogP contribution in [0.1, 0.15) is 23.6 Å². The molecule has 2 unspecified atom stereocenters. The maximum atomic E-state index is 12.0. The van der Waals surface area contributed by atoms with Gasteiger partial charge in [-0.2, -0.15) is 0 Å². The molecular formula is C25H27NO3. The van der Waals surface area contributed by atoms with Crippen LogP contribution in [0.15, 0.2) is 91.0 Å². The lowest BCUT2D eigenvalue weighted by Crippen LogP contribution is -2.46. The maximum absolute atomic E-state index is 12.0. The first-order valence-electron chi connectivity index (χ1n) is 9.83. The van der Waals surface area contributed by atoms with E-state index in [1.807, 2.05) is 73.7 Å². The third-order valence-corrected chi connectivity index (χ3v) is 4.99. The van der Waals surface area contributed by atoms with E-state index in [9.17, 15) is 9.90 Å². The van der Waals surface area contributed by atoms with Crippen molar-refractivity contribution in [2.24, 2.45) is 0 Å². The Morgan fingerprint density at radius 2 is 1.21 bits per heavy atom. The number of ether oxygens (including phenoxy) is 1. The lowest BCUT2D eigenvalue weighted by Gasteiger charge is -2.33. The third-order valence-electron chi connectivity index (χ3n) is 4.99. The second kappa shape index (κ2) is 10.6. The fraction of sp³-hybridized carbons (Fsp3) is 0.240. The number of rotatable bonds is 10. The van der Waals surface area contributed by atoms with Crippen molar-refractivity contribution >= 4 is 5.97 Å². The van der Waals surface area contributed by atoms with Gasteiger partial charge in [-0.1, -0.05) is 91.0 Å². The standard InChI is InChI=1S/C25H27NO3/c1-20(24(25(27)28)29-19-23-15-9-4-10-16-23)26(17-21-11-5-2-6-12-21)18-22-13-7-3-8-14-22/h2-16,20,24H,17-19H2,1H3,(H,27,28). The van der Waals surface area contributed by atoms with Crippen LogP contribution in [0.4, 0.5) is 0 Å². The van der Waals surface area contributed by atoms with Crippen LogP contribution in [-0.2, 0) is 29.2 Å². The summed E-state index contributed by atoms with van der Waals surface area (Å²) in [4.78, 5) is 14.2. The quantitative estimate of drug-likeness (QED) is 0.544. The first-order valence-corrected chi connectivity index (χ1v) is 9.83. The van der Waals surface area contributed by atoms with Crippen LogP contribution in [0.2, 0.25) is 0 Å². The predicted molar refractivity (Wildman–Crippen MR) is 114 cm³/mol. The average Bonchev–Trinajstić information content (AvgIpc) is 2.75. The summed E-state index contributed by atoms with van der Waals surface area (Å²) in [5.74, 6) is -0.945. The molecule has 0 aliphatic carbocycles. The number of carboxylic acid groups (broad SMARTS) is 1. The minimum atomic E-state index is -0.945. The van der Waals surface area contributed by atoms with E-state index in [2.05, 4.69) is 29.2 Å². The second-order valence-corrected chi connectivity index (χ2v) is 7.17. The number of benzene rings is 3. The molecule has 0 spiro atoms. The largest absolute Gasteiger partial charge is 0.479 e. The monoisotopic (exact) mass is 389 g/mol. The summed E-state index contributed by atoms with van der Waals surface area (Å²) in [6.45, 7) is 3.49. The van der Waals surface area contributed by atoms with Crippen LogP contribution < -0.4 is 0 Å². The Morgan fingerprint density at radius 3 is 1.62 bits per heavy atom. The van der Waals surface area contributed by atoms with Crippen molar-refractivity contribution in [3.8, 4) is 0 Å². The van der Waals surface area contributed by atoms with Crippen molar-refractivity contribution in [3.63, 3.8) is 0 Å². The minimum Gasteiger partial charge on any atom is -0.479 e. The molecule has 150 valence electrons. The van der Waals surface area contributed by atoms with E-state index in [0.29, 0.717) is 13.1 Å². The van der Waals surface area contributed by atoms with E-state index in [-0.39, 0.29) is 12.6 Å². The van der Waals surface area contributed by atoms with Crippen LogP contribution in [0.3, 0.4) is 0 Å². The number of hydrogen-bond acceptors (Lipinski definition) is 3. The molecule has 0 aliphatic rings. The highest BCUT2D eigenvalue weighted by molar-refractivity contribution is 5.73. The molecule has 3 aromatic rings. The second-order valence-electron chi connectivity index (χ2n) is 7.17. The van der Waals surface area contributed by atoms with Crippen LogP contribution >= 0.6 is 0 Å². The summed E-state index contributed by atoms with van der Waals surface area (Å²) in [5, 5.41) is 9.85. The zero-order valence-electron chi connectivity index (χ0n) is 16.6. The first-order chi connectivity index (χ1) is 14.1. The summed E-state index contributed by atoms with van der Waals surface area (Å²) in [7, 11) is 0. The Kier molecular flexibility index (Phi) is 7.56. The number of aliphatic carboxylic acids is 1. The van der Waals surface area contributed by atoms with Gasteiger partial charge in [0, 0.05) is 19.1 Å². The van der Waals surface area contributed by atoms with Crippen molar-refractivity contribution in [2.75, 3.05) is 0 Å². The fourth-order valence-electron chi connectivity index (χ4n) is 3.35. The van der Waals surface area contributed by atoms with Gasteiger partial charge in [0.1, 0.15) is 0 Å². The molecular weight excluding hydrogens is 362 g/mol. The normalized spacial score (nSPS) is 13.2. The predicted octanol–water partition coefficient (Wildman–Crippen LogP) is 4.75. The molecule has 0 aromatic heterocycles. The maximum Gasteiger partial charge on any atom is 0.334 e. The van der Waals surface area contributed by atoms with E-state index in [0.717, 1.165) is 16.7 Å². The SMILES string of the molecule is CC(C(OCc1ccccc1)C(=O)O)N(Cc1ccccc1)Cc1ccccc1. The molecule has 3 rings (SSSR count). The summed E-state index contributed by atoms with van der Waals surface area (Å²) >= 11 is 0. The first kappa shape index (κ1) is 20.8. The van der Waals surface area contributed by atoms with E-state index in [1.165, 1.54) is 0 Å². The Bertz CT molecular complexity index is 827. The smallest absolute Gasteiger partial charge is 0.334 e. The summed E-state index contributed by atoms with van der Waals surface area (Å²) < 4.78 is 5.87. The molecule has 2 atom stereocenters. The molecule has 1 N–H and O–H groups in total. The van der Waals surface area contributed by atoms with Gasteiger partial charge >= 0.3 is 5.97 Å². The minimum absolute atomic E-state index is 0.270.